The van der Waals surface area contributed by atoms with E-state index in [1.807, 2.05) is 0 Å². The maximum absolute atomic E-state index is 3.43. The lowest BCUT2D eigenvalue weighted by Crippen LogP contribution is -2.32. The molecule has 1 aliphatic heterocycles. The summed E-state index contributed by atoms with van der Waals surface area (Å²) in [5, 5.41) is 6.16. The molecule has 1 fully saturated rings. The second kappa shape index (κ2) is 5.09. The van der Waals surface area contributed by atoms with Crippen molar-refractivity contribution in [2.24, 2.45) is 0 Å². The van der Waals surface area contributed by atoms with Crippen LogP contribution in [0.3, 0.4) is 0 Å². The zero-order valence-corrected chi connectivity index (χ0v) is 10.9. The van der Waals surface area contributed by atoms with Gasteiger partial charge in [0, 0.05) is 19.1 Å². The molecule has 1 N–H and O–H groups in total. The van der Waals surface area contributed by atoms with E-state index in [0.717, 1.165) is 19.6 Å². The number of rotatable bonds is 3. The zero-order valence-electron chi connectivity index (χ0n) is 10.9. The molecule has 2 nitrogen and oxygen atoms in total. The summed E-state index contributed by atoms with van der Waals surface area (Å²) in [6.45, 7) is 3.32. The van der Waals surface area contributed by atoms with Crippen molar-refractivity contribution in [2.45, 2.75) is 19.0 Å². The van der Waals surface area contributed by atoms with E-state index in [1.165, 1.54) is 22.8 Å². The standard InChI is InChI=1S/C16H20N2/c1-18(15-9-10-17-11-15)12-14-7-4-6-13-5-2-3-8-16(13)14/h2-8,15,17H,9-12H2,1H3. The first-order valence-corrected chi connectivity index (χ1v) is 6.72. The van der Waals surface area contributed by atoms with Crippen LogP contribution in [-0.4, -0.2) is 31.1 Å². The van der Waals surface area contributed by atoms with Gasteiger partial charge in [-0.05, 0) is 36.3 Å². The lowest BCUT2D eigenvalue weighted by Gasteiger charge is -2.24. The molecular weight excluding hydrogens is 220 g/mol. The minimum atomic E-state index is 0.684. The Labute approximate surface area is 109 Å². The Morgan fingerprint density at radius 2 is 2.00 bits per heavy atom. The smallest absolute Gasteiger partial charge is 0.0240 e. The number of nitrogens with zero attached hydrogens (tertiary/aromatic N) is 1. The predicted octanol–water partition coefficient (Wildman–Crippen LogP) is 2.63. The van der Waals surface area contributed by atoms with Gasteiger partial charge in [0.2, 0.25) is 0 Å². The van der Waals surface area contributed by atoms with Crippen LogP contribution in [0.15, 0.2) is 42.5 Å². The Bertz CT molecular complexity index is 524. The Morgan fingerprint density at radius 1 is 1.17 bits per heavy atom. The maximum Gasteiger partial charge on any atom is 0.0240 e. The molecule has 0 radical (unpaired) electrons. The third-order valence-electron chi connectivity index (χ3n) is 3.96. The molecule has 1 atom stereocenters. The van der Waals surface area contributed by atoms with Crippen LogP contribution in [0.1, 0.15) is 12.0 Å². The second-order valence-corrected chi connectivity index (χ2v) is 5.20. The van der Waals surface area contributed by atoms with Gasteiger partial charge in [0.15, 0.2) is 0 Å². The van der Waals surface area contributed by atoms with Crippen molar-refractivity contribution in [1.29, 1.82) is 0 Å². The summed E-state index contributed by atoms with van der Waals surface area (Å²) in [7, 11) is 2.24. The third kappa shape index (κ3) is 2.26. The fourth-order valence-corrected chi connectivity index (χ4v) is 2.84. The van der Waals surface area contributed by atoms with Crippen molar-refractivity contribution in [1.82, 2.24) is 10.2 Å². The lowest BCUT2D eigenvalue weighted by molar-refractivity contribution is 0.250. The van der Waals surface area contributed by atoms with Gasteiger partial charge in [-0.2, -0.15) is 0 Å². The summed E-state index contributed by atoms with van der Waals surface area (Å²) >= 11 is 0. The average Bonchev–Trinajstić information content (AvgIpc) is 2.93. The van der Waals surface area contributed by atoms with E-state index in [9.17, 15) is 0 Å². The summed E-state index contributed by atoms with van der Waals surface area (Å²) in [6.07, 6.45) is 1.27. The van der Waals surface area contributed by atoms with Crippen LogP contribution < -0.4 is 5.32 Å². The first-order chi connectivity index (χ1) is 8.84. The molecule has 0 bridgehead atoms. The Balaban J connectivity index is 1.85. The number of hydrogen-bond acceptors (Lipinski definition) is 2. The fourth-order valence-electron chi connectivity index (χ4n) is 2.84. The van der Waals surface area contributed by atoms with Crippen LogP contribution in [0.4, 0.5) is 0 Å². The highest BCUT2D eigenvalue weighted by Crippen LogP contribution is 2.21. The van der Waals surface area contributed by atoms with E-state index in [-0.39, 0.29) is 0 Å². The molecule has 0 amide bonds. The highest BCUT2D eigenvalue weighted by molar-refractivity contribution is 5.85. The summed E-state index contributed by atoms with van der Waals surface area (Å²) in [4.78, 5) is 2.47. The van der Waals surface area contributed by atoms with Gasteiger partial charge in [-0.25, -0.2) is 0 Å². The van der Waals surface area contributed by atoms with E-state index >= 15 is 0 Å². The zero-order chi connectivity index (χ0) is 12.4. The molecule has 2 heteroatoms. The minimum absolute atomic E-state index is 0.684. The van der Waals surface area contributed by atoms with E-state index in [1.54, 1.807) is 0 Å². The van der Waals surface area contributed by atoms with Crippen molar-refractivity contribution in [2.75, 3.05) is 20.1 Å². The number of likely N-dealkylation sites (N-methyl/N-ethyl adjacent to an activating group) is 1. The molecule has 94 valence electrons. The number of nitrogens with one attached hydrogen (secondary N) is 1. The Kier molecular flexibility index (Phi) is 3.31. The SMILES string of the molecule is CN(Cc1cccc2ccccc12)C1CCNC1. The van der Waals surface area contributed by atoms with Gasteiger partial charge in [0.1, 0.15) is 0 Å². The molecule has 1 saturated heterocycles. The van der Waals surface area contributed by atoms with Crippen LogP contribution in [0.2, 0.25) is 0 Å². The quantitative estimate of drug-likeness (QED) is 0.887. The molecule has 3 rings (SSSR count). The molecule has 0 saturated carbocycles. The topological polar surface area (TPSA) is 15.3 Å². The maximum atomic E-state index is 3.43. The molecule has 1 heterocycles. The molecule has 1 aliphatic rings. The molecule has 2 aromatic carbocycles. The number of benzene rings is 2. The van der Waals surface area contributed by atoms with Crippen molar-refractivity contribution >= 4 is 10.8 Å². The first kappa shape index (κ1) is 11.7. The van der Waals surface area contributed by atoms with Gasteiger partial charge in [-0.3, -0.25) is 4.90 Å². The van der Waals surface area contributed by atoms with Crippen LogP contribution >= 0.6 is 0 Å². The fraction of sp³-hybridized carbons (Fsp3) is 0.375. The van der Waals surface area contributed by atoms with Crippen LogP contribution in [0.25, 0.3) is 10.8 Å². The normalized spacial score (nSPS) is 19.8. The number of hydrogen-bond donors (Lipinski definition) is 1. The highest BCUT2D eigenvalue weighted by Gasteiger charge is 2.19. The predicted molar refractivity (Wildman–Crippen MR) is 76.7 cm³/mol. The molecule has 0 spiro atoms. The third-order valence-corrected chi connectivity index (χ3v) is 3.96. The summed E-state index contributed by atoms with van der Waals surface area (Å²) in [5.41, 5.74) is 1.43. The van der Waals surface area contributed by atoms with Crippen molar-refractivity contribution in [3.05, 3.63) is 48.0 Å². The van der Waals surface area contributed by atoms with Crippen molar-refractivity contribution in [3.8, 4) is 0 Å². The summed E-state index contributed by atoms with van der Waals surface area (Å²) in [6, 6.07) is 15.9. The van der Waals surface area contributed by atoms with Crippen LogP contribution in [0, 0.1) is 0 Å². The molecule has 1 unspecified atom stereocenters. The monoisotopic (exact) mass is 240 g/mol. The van der Waals surface area contributed by atoms with Crippen molar-refractivity contribution < 1.29 is 0 Å². The highest BCUT2D eigenvalue weighted by atomic mass is 15.2. The Morgan fingerprint density at radius 3 is 2.83 bits per heavy atom. The molecular formula is C16H20N2. The van der Waals surface area contributed by atoms with E-state index in [2.05, 4.69) is 59.7 Å². The van der Waals surface area contributed by atoms with Crippen LogP contribution in [-0.2, 0) is 6.54 Å². The largest absolute Gasteiger partial charge is 0.315 e. The van der Waals surface area contributed by atoms with Gasteiger partial charge in [0.05, 0.1) is 0 Å². The molecule has 2 aromatic rings. The van der Waals surface area contributed by atoms with Gasteiger partial charge in [-0.15, -0.1) is 0 Å². The van der Waals surface area contributed by atoms with Crippen molar-refractivity contribution in [3.63, 3.8) is 0 Å². The summed E-state index contributed by atoms with van der Waals surface area (Å²) in [5.74, 6) is 0. The number of fused-ring (bicyclic) bond motifs is 1. The summed E-state index contributed by atoms with van der Waals surface area (Å²) < 4.78 is 0. The van der Waals surface area contributed by atoms with Gasteiger partial charge >= 0.3 is 0 Å². The van der Waals surface area contributed by atoms with Gasteiger partial charge in [0.25, 0.3) is 0 Å². The van der Waals surface area contributed by atoms with Gasteiger partial charge in [-0.1, -0.05) is 42.5 Å². The molecule has 18 heavy (non-hydrogen) atoms. The lowest BCUT2D eigenvalue weighted by atomic mass is 10.0. The van der Waals surface area contributed by atoms with E-state index < -0.39 is 0 Å². The second-order valence-electron chi connectivity index (χ2n) is 5.20. The van der Waals surface area contributed by atoms with Gasteiger partial charge < -0.3 is 5.32 Å². The molecule has 0 aliphatic carbocycles. The van der Waals surface area contributed by atoms with Crippen LogP contribution in [0.5, 0.6) is 0 Å². The Hall–Kier alpha value is -1.38. The molecule has 0 aromatic heterocycles. The first-order valence-electron chi connectivity index (χ1n) is 6.72. The van der Waals surface area contributed by atoms with E-state index in [0.29, 0.717) is 6.04 Å². The average molecular weight is 240 g/mol. The van der Waals surface area contributed by atoms with E-state index in [4.69, 9.17) is 0 Å². The minimum Gasteiger partial charge on any atom is -0.315 e.